The average molecular weight is 216 g/mol. The molecule has 0 atom stereocenters. The maximum Gasteiger partial charge on any atom is 0.225 e. The molecule has 0 unspecified atom stereocenters. The van der Waals surface area contributed by atoms with E-state index in [1.54, 1.807) is 0 Å². The summed E-state index contributed by atoms with van der Waals surface area (Å²) in [5, 5.41) is 10.9. The molecule has 1 rings (SSSR count). The number of aryl methyl sites for hydroxylation is 3. The molecule has 3 nitrogen and oxygen atoms in total. The first-order chi connectivity index (χ1) is 7.54. The first kappa shape index (κ1) is 12.3. The molecule has 0 spiro atoms. The molecule has 3 heteroatoms. The van der Waals surface area contributed by atoms with Crippen molar-refractivity contribution < 1.29 is 4.79 Å². The zero-order chi connectivity index (χ0) is 12.1. The summed E-state index contributed by atoms with van der Waals surface area (Å²) < 4.78 is 0. The maximum absolute atomic E-state index is 11.5. The Hall–Kier alpha value is -1.82. The van der Waals surface area contributed by atoms with Crippen molar-refractivity contribution in [2.45, 2.75) is 27.2 Å². The van der Waals surface area contributed by atoms with Gasteiger partial charge in [0.1, 0.15) is 6.54 Å². The molecular formula is C13H16N2O. The van der Waals surface area contributed by atoms with Gasteiger partial charge in [0, 0.05) is 0 Å². The third kappa shape index (κ3) is 3.09. The van der Waals surface area contributed by atoms with Gasteiger partial charge in [0.15, 0.2) is 0 Å². The van der Waals surface area contributed by atoms with Gasteiger partial charge < -0.3 is 5.32 Å². The molecule has 0 saturated heterocycles. The topological polar surface area (TPSA) is 52.9 Å². The monoisotopic (exact) mass is 216 g/mol. The van der Waals surface area contributed by atoms with Crippen LogP contribution in [-0.2, 0) is 11.2 Å². The highest BCUT2D eigenvalue weighted by atomic mass is 16.1. The van der Waals surface area contributed by atoms with Gasteiger partial charge in [-0.15, -0.1) is 0 Å². The molecule has 1 aromatic rings. The van der Waals surface area contributed by atoms with E-state index >= 15 is 0 Å². The zero-order valence-corrected chi connectivity index (χ0v) is 9.92. The van der Waals surface area contributed by atoms with E-state index in [9.17, 15) is 4.79 Å². The van der Waals surface area contributed by atoms with Crippen LogP contribution in [0.25, 0.3) is 0 Å². The Morgan fingerprint density at radius 1 is 1.25 bits per heavy atom. The van der Waals surface area contributed by atoms with Gasteiger partial charge in [-0.05, 0) is 43.0 Å². The molecule has 0 aliphatic rings. The van der Waals surface area contributed by atoms with Gasteiger partial charge >= 0.3 is 0 Å². The van der Waals surface area contributed by atoms with Gasteiger partial charge in [0.2, 0.25) is 5.91 Å². The fraction of sp³-hybridized carbons (Fsp3) is 0.385. The molecule has 16 heavy (non-hydrogen) atoms. The standard InChI is InChI=1S/C13H16N2O/c1-9-6-11(3)12(7-10(9)2)8-13(16)15-5-4-14/h6-7H,5,8H2,1-3H3,(H,15,16). The zero-order valence-electron chi connectivity index (χ0n) is 9.92. The van der Waals surface area contributed by atoms with Crippen LogP contribution in [0.15, 0.2) is 12.1 Å². The number of nitrogens with zero attached hydrogens (tertiary/aromatic N) is 1. The molecular weight excluding hydrogens is 200 g/mol. The van der Waals surface area contributed by atoms with Crippen LogP contribution in [0.1, 0.15) is 22.3 Å². The minimum absolute atomic E-state index is 0.0721. The van der Waals surface area contributed by atoms with Crippen molar-refractivity contribution in [3.8, 4) is 6.07 Å². The molecule has 0 fully saturated rings. The van der Waals surface area contributed by atoms with Gasteiger partial charge in [-0.1, -0.05) is 12.1 Å². The Morgan fingerprint density at radius 2 is 1.88 bits per heavy atom. The van der Waals surface area contributed by atoms with E-state index in [0.717, 1.165) is 11.1 Å². The average Bonchev–Trinajstić information content (AvgIpc) is 2.23. The summed E-state index contributed by atoms with van der Waals surface area (Å²) in [6.07, 6.45) is 0.342. The van der Waals surface area contributed by atoms with E-state index in [2.05, 4.69) is 18.3 Å². The van der Waals surface area contributed by atoms with Crippen molar-refractivity contribution in [3.05, 3.63) is 34.4 Å². The van der Waals surface area contributed by atoms with Crippen molar-refractivity contribution in [3.63, 3.8) is 0 Å². The number of carbonyl (C=O) groups excluding carboxylic acids is 1. The Labute approximate surface area is 96.1 Å². The van der Waals surface area contributed by atoms with Crippen molar-refractivity contribution >= 4 is 5.91 Å². The predicted molar refractivity (Wildman–Crippen MR) is 63.0 cm³/mol. The molecule has 1 amide bonds. The maximum atomic E-state index is 11.5. The Balaban J connectivity index is 2.78. The summed E-state index contributed by atoms with van der Waals surface area (Å²) in [5.41, 5.74) is 4.57. The highest BCUT2D eigenvalue weighted by molar-refractivity contribution is 5.79. The number of nitrogens with one attached hydrogen (secondary N) is 1. The Morgan fingerprint density at radius 3 is 2.50 bits per heavy atom. The van der Waals surface area contributed by atoms with Gasteiger partial charge in [-0.3, -0.25) is 4.79 Å². The summed E-state index contributed by atoms with van der Waals surface area (Å²) in [6, 6.07) is 6.01. The number of rotatable bonds is 3. The van der Waals surface area contributed by atoms with Gasteiger partial charge in [0.05, 0.1) is 12.5 Å². The number of nitriles is 1. The number of benzene rings is 1. The van der Waals surface area contributed by atoms with Crippen LogP contribution in [-0.4, -0.2) is 12.5 Å². The number of hydrogen-bond acceptors (Lipinski definition) is 2. The molecule has 0 bridgehead atoms. The second kappa shape index (κ2) is 5.32. The molecule has 0 heterocycles. The first-order valence-electron chi connectivity index (χ1n) is 5.25. The first-order valence-corrected chi connectivity index (χ1v) is 5.25. The predicted octanol–water partition coefficient (Wildman–Crippen LogP) is 1.79. The second-order valence-corrected chi connectivity index (χ2v) is 3.97. The van der Waals surface area contributed by atoms with Crippen molar-refractivity contribution in [1.29, 1.82) is 5.26 Å². The summed E-state index contributed by atoms with van der Waals surface area (Å²) in [6.45, 7) is 6.16. The van der Waals surface area contributed by atoms with E-state index in [-0.39, 0.29) is 12.5 Å². The van der Waals surface area contributed by atoms with E-state index in [1.807, 2.05) is 26.0 Å². The number of amides is 1. The van der Waals surface area contributed by atoms with Crippen LogP contribution >= 0.6 is 0 Å². The summed E-state index contributed by atoms with van der Waals surface area (Å²) in [4.78, 5) is 11.5. The molecule has 0 aromatic heterocycles. The fourth-order valence-corrected chi connectivity index (χ4v) is 1.58. The smallest absolute Gasteiger partial charge is 0.225 e. The lowest BCUT2D eigenvalue weighted by Crippen LogP contribution is -2.25. The third-order valence-corrected chi connectivity index (χ3v) is 2.67. The molecule has 1 N–H and O–H groups in total. The van der Waals surface area contributed by atoms with Gasteiger partial charge in [-0.2, -0.15) is 5.26 Å². The third-order valence-electron chi connectivity index (χ3n) is 2.67. The molecule has 84 valence electrons. The Bertz CT molecular complexity index is 444. The van der Waals surface area contributed by atoms with E-state index in [4.69, 9.17) is 5.26 Å². The minimum Gasteiger partial charge on any atom is -0.343 e. The largest absolute Gasteiger partial charge is 0.343 e. The lowest BCUT2D eigenvalue weighted by Gasteiger charge is -2.09. The van der Waals surface area contributed by atoms with Crippen LogP contribution in [0.3, 0.4) is 0 Å². The van der Waals surface area contributed by atoms with Crippen LogP contribution in [0.5, 0.6) is 0 Å². The fourth-order valence-electron chi connectivity index (χ4n) is 1.58. The molecule has 0 radical (unpaired) electrons. The number of hydrogen-bond donors (Lipinski definition) is 1. The lowest BCUT2D eigenvalue weighted by atomic mass is 9.98. The summed E-state index contributed by atoms with van der Waals surface area (Å²) in [5.74, 6) is -0.104. The van der Waals surface area contributed by atoms with Crippen LogP contribution in [0, 0.1) is 32.1 Å². The van der Waals surface area contributed by atoms with Crippen molar-refractivity contribution in [2.24, 2.45) is 0 Å². The van der Waals surface area contributed by atoms with Crippen molar-refractivity contribution in [2.75, 3.05) is 6.54 Å². The summed E-state index contributed by atoms with van der Waals surface area (Å²) >= 11 is 0. The van der Waals surface area contributed by atoms with Crippen molar-refractivity contribution in [1.82, 2.24) is 5.32 Å². The summed E-state index contributed by atoms with van der Waals surface area (Å²) in [7, 11) is 0. The lowest BCUT2D eigenvalue weighted by molar-refractivity contribution is -0.120. The van der Waals surface area contributed by atoms with Crippen LogP contribution < -0.4 is 5.32 Å². The van der Waals surface area contributed by atoms with Crippen LogP contribution in [0.4, 0.5) is 0 Å². The SMILES string of the molecule is Cc1cc(C)c(CC(=O)NCC#N)cc1C. The number of carbonyl (C=O) groups is 1. The molecule has 0 aliphatic carbocycles. The quantitative estimate of drug-likeness (QED) is 0.783. The Kier molecular flexibility index (Phi) is 4.07. The van der Waals surface area contributed by atoms with E-state index in [0.29, 0.717) is 6.42 Å². The van der Waals surface area contributed by atoms with Gasteiger partial charge in [0.25, 0.3) is 0 Å². The normalized spacial score (nSPS) is 9.62. The highest BCUT2D eigenvalue weighted by Gasteiger charge is 2.06. The van der Waals surface area contributed by atoms with Crippen LogP contribution in [0.2, 0.25) is 0 Å². The van der Waals surface area contributed by atoms with E-state index in [1.165, 1.54) is 11.1 Å². The molecule has 0 aliphatic heterocycles. The highest BCUT2D eigenvalue weighted by Crippen LogP contribution is 2.15. The molecule has 1 aromatic carbocycles. The second-order valence-electron chi connectivity index (χ2n) is 3.97. The van der Waals surface area contributed by atoms with Gasteiger partial charge in [-0.25, -0.2) is 0 Å². The molecule has 0 saturated carbocycles. The minimum atomic E-state index is -0.104. The van der Waals surface area contributed by atoms with E-state index < -0.39 is 0 Å².